The number of rotatable bonds is 6. The van der Waals surface area contributed by atoms with Crippen LogP contribution in [-0.4, -0.2) is 36.7 Å². The number of carbonyl (C=O) groups is 1. The van der Waals surface area contributed by atoms with Crippen LogP contribution in [-0.2, 0) is 14.8 Å². The molecule has 7 nitrogen and oxygen atoms in total. The van der Waals surface area contributed by atoms with Gasteiger partial charge in [0.15, 0.2) is 0 Å². The van der Waals surface area contributed by atoms with Crippen molar-refractivity contribution in [1.29, 1.82) is 0 Å². The van der Waals surface area contributed by atoms with E-state index < -0.39 is 15.8 Å². The topological polar surface area (TPSA) is 88.6 Å². The second kappa shape index (κ2) is 9.63. The molecule has 172 valence electrons. The van der Waals surface area contributed by atoms with Crippen molar-refractivity contribution in [1.82, 2.24) is 9.29 Å². The van der Waals surface area contributed by atoms with E-state index in [2.05, 4.69) is 10.3 Å². The number of nitrogens with zero attached hydrogens (tertiary/aromatic N) is 2. The van der Waals surface area contributed by atoms with Gasteiger partial charge in [0.1, 0.15) is 22.3 Å². The summed E-state index contributed by atoms with van der Waals surface area (Å²) in [5, 5.41) is 2.77. The molecule has 1 fully saturated rings. The Morgan fingerprint density at radius 2 is 1.70 bits per heavy atom. The van der Waals surface area contributed by atoms with E-state index in [1.54, 1.807) is 12.1 Å². The molecule has 10 heteroatoms. The minimum Gasteiger partial charge on any atom is -0.439 e. The first-order chi connectivity index (χ1) is 15.8. The molecule has 0 unspecified atom stereocenters. The van der Waals surface area contributed by atoms with E-state index in [1.807, 2.05) is 0 Å². The Morgan fingerprint density at radius 3 is 2.33 bits per heavy atom. The van der Waals surface area contributed by atoms with Crippen molar-refractivity contribution >= 4 is 21.6 Å². The zero-order chi connectivity index (χ0) is 23.4. The zero-order valence-electron chi connectivity index (χ0n) is 17.4. The highest BCUT2D eigenvalue weighted by molar-refractivity contribution is 7.89. The lowest BCUT2D eigenvalue weighted by Gasteiger charge is -2.30. The second-order valence-corrected chi connectivity index (χ2v) is 9.45. The van der Waals surface area contributed by atoms with E-state index in [0.29, 0.717) is 24.3 Å². The molecule has 1 aliphatic rings. The number of hydrogen-bond donors (Lipinski definition) is 1. The molecule has 1 aliphatic heterocycles. The number of ether oxygens (including phenoxy) is 1. The molecule has 0 radical (unpaired) electrons. The summed E-state index contributed by atoms with van der Waals surface area (Å²) in [6, 6.07) is 14.0. The Balaban J connectivity index is 1.32. The predicted molar refractivity (Wildman–Crippen MR) is 117 cm³/mol. The lowest BCUT2D eigenvalue weighted by molar-refractivity contribution is -0.120. The first-order valence-electron chi connectivity index (χ1n) is 10.3. The van der Waals surface area contributed by atoms with Crippen LogP contribution >= 0.6 is 0 Å². The highest BCUT2D eigenvalue weighted by Crippen LogP contribution is 2.26. The van der Waals surface area contributed by atoms with E-state index in [9.17, 15) is 22.0 Å². The molecular formula is C23H21F2N3O4S. The number of benzene rings is 2. The number of sulfonamides is 1. The van der Waals surface area contributed by atoms with E-state index >= 15 is 0 Å². The van der Waals surface area contributed by atoms with Crippen LogP contribution in [0.5, 0.6) is 11.6 Å². The van der Waals surface area contributed by atoms with Crippen molar-refractivity contribution in [2.24, 2.45) is 5.92 Å². The normalized spacial score (nSPS) is 15.2. The van der Waals surface area contributed by atoms with Gasteiger partial charge in [-0.05, 0) is 55.3 Å². The van der Waals surface area contributed by atoms with Gasteiger partial charge in [-0.1, -0.05) is 12.1 Å². The quantitative estimate of drug-likeness (QED) is 0.580. The van der Waals surface area contributed by atoms with Gasteiger partial charge in [0.2, 0.25) is 21.8 Å². The zero-order valence-corrected chi connectivity index (χ0v) is 18.3. The maximum atomic E-state index is 14.0. The Kier molecular flexibility index (Phi) is 6.66. The number of nitrogens with one attached hydrogen (secondary N) is 1. The molecule has 0 spiro atoms. The number of aromatic nitrogens is 1. The highest BCUT2D eigenvalue weighted by Gasteiger charge is 2.33. The summed E-state index contributed by atoms with van der Waals surface area (Å²) in [7, 11) is -3.95. The molecule has 1 N–H and O–H groups in total. The number of amides is 1. The largest absolute Gasteiger partial charge is 0.439 e. The van der Waals surface area contributed by atoms with Crippen LogP contribution in [0.25, 0.3) is 0 Å². The van der Waals surface area contributed by atoms with E-state index in [-0.39, 0.29) is 41.5 Å². The first kappa shape index (κ1) is 22.8. The minimum absolute atomic E-state index is 0.122. The first-order valence-corrected chi connectivity index (χ1v) is 11.7. The number of carbonyl (C=O) groups excluding carboxylic acids is 1. The molecule has 3 aromatic rings. The molecule has 1 aromatic heterocycles. The van der Waals surface area contributed by atoms with Crippen LogP contribution in [0.3, 0.4) is 0 Å². The molecule has 0 bridgehead atoms. The third-order valence-electron chi connectivity index (χ3n) is 5.32. The lowest BCUT2D eigenvalue weighted by atomic mass is 9.97. The van der Waals surface area contributed by atoms with Crippen LogP contribution < -0.4 is 10.1 Å². The monoisotopic (exact) mass is 473 g/mol. The maximum Gasteiger partial charge on any atom is 0.245 e. The lowest BCUT2D eigenvalue weighted by Crippen LogP contribution is -2.41. The number of anilines is 1. The number of pyridine rings is 1. The average Bonchev–Trinajstić information content (AvgIpc) is 2.82. The third-order valence-corrected chi connectivity index (χ3v) is 7.25. The number of hydrogen-bond acceptors (Lipinski definition) is 5. The smallest absolute Gasteiger partial charge is 0.245 e. The summed E-state index contributed by atoms with van der Waals surface area (Å²) in [5.74, 6) is -1.08. The number of halogens is 2. The fourth-order valence-corrected chi connectivity index (χ4v) is 5.07. The molecular weight excluding hydrogens is 452 g/mol. The summed E-state index contributed by atoms with van der Waals surface area (Å²) in [4.78, 5) is 16.4. The van der Waals surface area contributed by atoms with Gasteiger partial charge in [-0.25, -0.2) is 22.2 Å². The molecule has 1 amide bonds. The van der Waals surface area contributed by atoms with Crippen LogP contribution in [0, 0.1) is 17.6 Å². The average molecular weight is 474 g/mol. The Morgan fingerprint density at radius 1 is 1.00 bits per heavy atom. The van der Waals surface area contributed by atoms with Gasteiger partial charge >= 0.3 is 0 Å². The summed E-state index contributed by atoms with van der Waals surface area (Å²) in [6.45, 7) is 0.245. The van der Waals surface area contributed by atoms with Crippen molar-refractivity contribution in [3.05, 3.63) is 78.5 Å². The van der Waals surface area contributed by atoms with Crippen molar-refractivity contribution in [2.45, 2.75) is 17.7 Å². The summed E-state index contributed by atoms with van der Waals surface area (Å²) < 4.78 is 59.1. The minimum atomic E-state index is -3.95. The van der Waals surface area contributed by atoms with E-state index in [1.165, 1.54) is 53.0 Å². The predicted octanol–water partition coefficient (Wildman–Crippen LogP) is 4.19. The Bertz CT molecular complexity index is 1230. The fourth-order valence-electron chi connectivity index (χ4n) is 3.53. The molecule has 0 aliphatic carbocycles. The van der Waals surface area contributed by atoms with Gasteiger partial charge in [-0.3, -0.25) is 4.79 Å². The van der Waals surface area contributed by atoms with Crippen LogP contribution in [0.15, 0.2) is 71.8 Å². The van der Waals surface area contributed by atoms with Crippen molar-refractivity contribution < 1.29 is 26.7 Å². The molecule has 2 heterocycles. The fraction of sp³-hybridized carbons (Fsp3) is 0.217. The molecule has 33 heavy (non-hydrogen) atoms. The van der Waals surface area contributed by atoms with Crippen molar-refractivity contribution in [3.63, 3.8) is 0 Å². The Hall–Kier alpha value is -3.37. The van der Waals surface area contributed by atoms with Gasteiger partial charge in [0.05, 0.1) is 11.9 Å². The summed E-state index contributed by atoms with van der Waals surface area (Å²) >= 11 is 0. The van der Waals surface area contributed by atoms with E-state index in [4.69, 9.17) is 4.74 Å². The Labute approximate surface area is 190 Å². The van der Waals surface area contributed by atoms with Crippen LogP contribution in [0.2, 0.25) is 0 Å². The van der Waals surface area contributed by atoms with Gasteiger partial charge in [-0.15, -0.1) is 0 Å². The molecule has 4 rings (SSSR count). The molecule has 0 saturated carbocycles. The standard InChI is InChI=1S/C23H21F2N3O4S/c24-17-5-8-19(9-6-17)32-22-10-7-18(15-26-22)27-23(29)16-11-13-28(14-12-16)33(30,31)21-4-2-1-3-20(21)25/h1-10,15-16H,11-14H2,(H,27,29). The maximum absolute atomic E-state index is 14.0. The van der Waals surface area contributed by atoms with Gasteiger partial charge in [0.25, 0.3) is 0 Å². The third kappa shape index (κ3) is 5.35. The molecule has 1 saturated heterocycles. The SMILES string of the molecule is O=C(Nc1ccc(Oc2ccc(F)cc2)nc1)C1CCN(S(=O)(=O)c2ccccc2F)CC1. The molecule has 0 atom stereocenters. The second-order valence-electron chi connectivity index (χ2n) is 7.54. The number of piperidine rings is 1. The summed E-state index contributed by atoms with van der Waals surface area (Å²) in [5.41, 5.74) is 0.466. The van der Waals surface area contributed by atoms with Crippen LogP contribution in [0.4, 0.5) is 14.5 Å². The highest BCUT2D eigenvalue weighted by atomic mass is 32.2. The van der Waals surface area contributed by atoms with Crippen LogP contribution in [0.1, 0.15) is 12.8 Å². The molecule has 2 aromatic carbocycles. The van der Waals surface area contributed by atoms with Gasteiger partial charge in [-0.2, -0.15) is 4.31 Å². The van der Waals surface area contributed by atoms with Crippen molar-refractivity contribution in [3.8, 4) is 11.6 Å². The van der Waals surface area contributed by atoms with Crippen molar-refractivity contribution in [2.75, 3.05) is 18.4 Å². The van der Waals surface area contributed by atoms with Gasteiger partial charge in [0, 0.05) is 25.1 Å². The summed E-state index contributed by atoms with van der Waals surface area (Å²) in [6.07, 6.45) is 2.08. The van der Waals surface area contributed by atoms with E-state index in [0.717, 1.165) is 6.07 Å². The van der Waals surface area contributed by atoms with Gasteiger partial charge < -0.3 is 10.1 Å².